The summed E-state index contributed by atoms with van der Waals surface area (Å²) in [4.78, 5) is 0. The maximum absolute atomic E-state index is 12.2. The van der Waals surface area contributed by atoms with Crippen LogP contribution >= 0.6 is 0 Å². The molecule has 0 heterocycles. The summed E-state index contributed by atoms with van der Waals surface area (Å²) >= 11 is 0. The largest absolute Gasteiger partial charge is 0.395 e. The number of halogens is 7. The predicted octanol–water partition coefficient (Wildman–Crippen LogP) is 4.67. The molecule has 0 spiro atoms. The molecule has 102 valence electrons. The SMILES string of the molecule is CCC(C=CCC(CF)C(F)(F)F)C(F)(F)F. The van der Waals surface area contributed by atoms with Crippen LogP contribution in [-0.4, -0.2) is 19.0 Å². The van der Waals surface area contributed by atoms with E-state index in [1.807, 2.05) is 0 Å². The van der Waals surface area contributed by atoms with Gasteiger partial charge in [0.05, 0.1) is 11.8 Å². The molecule has 0 saturated heterocycles. The molecule has 0 rings (SSSR count). The van der Waals surface area contributed by atoms with Crippen LogP contribution in [0.5, 0.6) is 0 Å². The molecule has 0 bridgehead atoms. The fourth-order valence-electron chi connectivity index (χ4n) is 1.17. The van der Waals surface area contributed by atoms with Crippen LogP contribution < -0.4 is 0 Å². The van der Waals surface area contributed by atoms with Crippen LogP contribution in [0.1, 0.15) is 19.8 Å². The van der Waals surface area contributed by atoms with Gasteiger partial charge in [-0.25, -0.2) is 0 Å². The normalized spacial score (nSPS) is 17.4. The third-order valence-electron chi connectivity index (χ3n) is 2.30. The first-order valence-electron chi connectivity index (χ1n) is 4.99. The van der Waals surface area contributed by atoms with Crippen LogP contribution in [0.3, 0.4) is 0 Å². The predicted molar refractivity (Wildman–Crippen MR) is 49.1 cm³/mol. The zero-order valence-corrected chi connectivity index (χ0v) is 9.08. The molecule has 17 heavy (non-hydrogen) atoms. The molecule has 0 aromatic heterocycles. The van der Waals surface area contributed by atoms with E-state index in [0.29, 0.717) is 6.08 Å². The maximum Gasteiger partial charge on any atom is 0.395 e. The molecule has 0 aliphatic rings. The molecule has 0 fully saturated rings. The third-order valence-corrected chi connectivity index (χ3v) is 2.30. The number of allylic oxidation sites excluding steroid dienone is 2. The van der Waals surface area contributed by atoms with Crippen molar-refractivity contribution < 1.29 is 30.7 Å². The molecule has 0 aliphatic carbocycles. The summed E-state index contributed by atoms with van der Waals surface area (Å²) in [6, 6.07) is 0. The second kappa shape index (κ2) is 6.26. The van der Waals surface area contributed by atoms with Crippen molar-refractivity contribution in [2.45, 2.75) is 32.1 Å². The average molecular weight is 266 g/mol. The first-order chi connectivity index (χ1) is 7.62. The van der Waals surface area contributed by atoms with Gasteiger partial charge in [-0.2, -0.15) is 26.3 Å². The lowest BCUT2D eigenvalue weighted by molar-refractivity contribution is -0.177. The van der Waals surface area contributed by atoms with Crippen LogP contribution in [0.2, 0.25) is 0 Å². The fourth-order valence-corrected chi connectivity index (χ4v) is 1.17. The van der Waals surface area contributed by atoms with Crippen LogP contribution in [0, 0.1) is 11.8 Å². The zero-order chi connectivity index (χ0) is 13.7. The van der Waals surface area contributed by atoms with Gasteiger partial charge in [0, 0.05) is 0 Å². The van der Waals surface area contributed by atoms with Crippen LogP contribution in [0.25, 0.3) is 0 Å². The zero-order valence-electron chi connectivity index (χ0n) is 9.08. The third kappa shape index (κ3) is 5.93. The van der Waals surface area contributed by atoms with Gasteiger partial charge in [0.1, 0.15) is 6.67 Å². The maximum atomic E-state index is 12.2. The molecule has 0 radical (unpaired) electrons. The summed E-state index contributed by atoms with van der Waals surface area (Å²) in [6.07, 6.45) is -8.82. The van der Waals surface area contributed by atoms with Crippen LogP contribution in [0.15, 0.2) is 12.2 Å². The van der Waals surface area contributed by atoms with Gasteiger partial charge in [-0.15, -0.1) is 0 Å². The lowest BCUT2D eigenvalue weighted by atomic mass is 10.0. The number of hydrogen-bond acceptors (Lipinski definition) is 0. The molecule has 0 aromatic carbocycles. The van der Waals surface area contributed by atoms with Crippen molar-refractivity contribution in [3.05, 3.63) is 12.2 Å². The first kappa shape index (κ1) is 16.2. The summed E-state index contributed by atoms with van der Waals surface area (Å²) in [6.45, 7) is -0.352. The lowest BCUT2D eigenvalue weighted by Crippen LogP contribution is -2.24. The van der Waals surface area contributed by atoms with E-state index in [1.54, 1.807) is 0 Å². The van der Waals surface area contributed by atoms with Gasteiger partial charge in [0.2, 0.25) is 0 Å². The molecular formula is C10H13F7. The van der Waals surface area contributed by atoms with Crippen molar-refractivity contribution >= 4 is 0 Å². The number of rotatable bonds is 5. The molecular weight excluding hydrogens is 253 g/mol. The molecule has 0 amide bonds. The minimum atomic E-state index is -4.72. The molecule has 7 heteroatoms. The Morgan fingerprint density at radius 1 is 1.00 bits per heavy atom. The highest BCUT2D eigenvalue weighted by Gasteiger charge is 2.39. The van der Waals surface area contributed by atoms with Gasteiger partial charge in [0.25, 0.3) is 0 Å². The van der Waals surface area contributed by atoms with Crippen molar-refractivity contribution in [3.8, 4) is 0 Å². The van der Waals surface area contributed by atoms with E-state index in [0.717, 1.165) is 6.08 Å². The molecule has 0 N–H and O–H groups in total. The Balaban J connectivity index is 4.43. The number of alkyl halides is 7. The van der Waals surface area contributed by atoms with E-state index in [1.165, 1.54) is 6.92 Å². The lowest BCUT2D eigenvalue weighted by Gasteiger charge is -2.16. The van der Waals surface area contributed by atoms with E-state index < -0.39 is 37.3 Å². The summed E-state index contributed by atoms with van der Waals surface area (Å²) in [7, 11) is 0. The molecule has 0 saturated carbocycles. The van der Waals surface area contributed by atoms with Gasteiger partial charge >= 0.3 is 12.4 Å². The van der Waals surface area contributed by atoms with Gasteiger partial charge in [-0.1, -0.05) is 19.1 Å². The fraction of sp³-hybridized carbons (Fsp3) is 0.800. The van der Waals surface area contributed by atoms with Gasteiger partial charge in [0.15, 0.2) is 0 Å². The Morgan fingerprint density at radius 2 is 1.53 bits per heavy atom. The van der Waals surface area contributed by atoms with E-state index in [-0.39, 0.29) is 6.42 Å². The quantitative estimate of drug-likeness (QED) is 0.501. The first-order valence-corrected chi connectivity index (χ1v) is 4.99. The van der Waals surface area contributed by atoms with Gasteiger partial charge in [-0.05, 0) is 12.8 Å². The topological polar surface area (TPSA) is 0 Å². The van der Waals surface area contributed by atoms with Crippen molar-refractivity contribution in [3.63, 3.8) is 0 Å². The Kier molecular flexibility index (Phi) is 5.98. The smallest absolute Gasteiger partial charge is 0.250 e. The second-order valence-electron chi connectivity index (χ2n) is 3.61. The Bertz CT molecular complexity index is 238. The summed E-state index contributed by atoms with van der Waals surface area (Å²) in [5.74, 6) is -4.01. The molecule has 2 unspecified atom stereocenters. The summed E-state index contributed by atoms with van der Waals surface area (Å²) in [5.41, 5.74) is 0. The molecule has 0 aromatic rings. The summed E-state index contributed by atoms with van der Waals surface area (Å²) in [5, 5.41) is 0. The van der Waals surface area contributed by atoms with Crippen LogP contribution in [0.4, 0.5) is 30.7 Å². The van der Waals surface area contributed by atoms with Gasteiger partial charge in [-0.3, -0.25) is 4.39 Å². The average Bonchev–Trinajstić information content (AvgIpc) is 2.13. The van der Waals surface area contributed by atoms with Gasteiger partial charge < -0.3 is 0 Å². The van der Waals surface area contributed by atoms with E-state index >= 15 is 0 Å². The standard InChI is InChI=1S/C10H13F7/c1-2-7(9(12,13)14)4-3-5-8(6-11)10(15,16)17/h3-4,7-8H,2,5-6H2,1H3. The Morgan fingerprint density at radius 3 is 1.82 bits per heavy atom. The Hall–Kier alpha value is -0.750. The minimum absolute atomic E-state index is 0.258. The van der Waals surface area contributed by atoms with E-state index in [9.17, 15) is 30.7 Å². The highest BCUT2D eigenvalue weighted by Crippen LogP contribution is 2.32. The summed E-state index contributed by atoms with van der Waals surface area (Å²) < 4.78 is 84.9. The minimum Gasteiger partial charge on any atom is -0.250 e. The monoisotopic (exact) mass is 266 g/mol. The van der Waals surface area contributed by atoms with E-state index in [4.69, 9.17) is 0 Å². The van der Waals surface area contributed by atoms with Crippen molar-refractivity contribution in [1.82, 2.24) is 0 Å². The van der Waals surface area contributed by atoms with Crippen LogP contribution in [-0.2, 0) is 0 Å². The molecule has 2 atom stereocenters. The van der Waals surface area contributed by atoms with Crippen molar-refractivity contribution in [2.75, 3.05) is 6.67 Å². The van der Waals surface area contributed by atoms with Crippen molar-refractivity contribution in [2.24, 2.45) is 11.8 Å². The van der Waals surface area contributed by atoms with Crippen molar-refractivity contribution in [1.29, 1.82) is 0 Å². The van der Waals surface area contributed by atoms with E-state index in [2.05, 4.69) is 0 Å². The molecule has 0 nitrogen and oxygen atoms in total. The Labute approximate surface area is 94.5 Å². The second-order valence-corrected chi connectivity index (χ2v) is 3.61. The number of hydrogen-bond donors (Lipinski definition) is 0. The molecule has 0 aliphatic heterocycles. The highest BCUT2D eigenvalue weighted by molar-refractivity contribution is 4.93. The highest BCUT2D eigenvalue weighted by atomic mass is 19.4.